The molecule has 1 saturated heterocycles. The predicted molar refractivity (Wildman–Crippen MR) is 78.0 cm³/mol. The molecule has 2 N–H and O–H groups in total. The Bertz CT molecular complexity index is 595. The Kier molecular flexibility index (Phi) is 5.04. The summed E-state index contributed by atoms with van der Waals surface area (Å²) in [7, 11) is 0. The van der Waals surface area contributed by atoms with Crippen LogP contribution in [0.25, 0.3) is 0 Å². The monoisotopic (exact) mass is 303 g/mol. The maximum atomic E-state index is 12.1. The average Bonchev–Trinajstić information content (AvgIpc) is 2.96. The summed E-state index contributed by atoms with van der Waals surface area (Å²) in [4.78, 5) is 23.8. The lowest BCUT2D eigenvalue weighted by molar-refractivity contribution is -0.384. The molecule has 1 aromatic rings. The minimum atomic E-state index is -0.469. The second-order valence-electron chi connectivity index (χ2n) is 5.20. The molecular formula is C14H17N5O3. The highest BCUT2D eigenvalue weighted by Gasteiger charge is 2.28. The minimum Gasteiger partial charge on any atom is -0.325 e. The fourth-order valence-corrected chi connectivity index (χ4v) is 2.48. The molecule has 1 fully saturated rings. The Morgan fingerprint density at radius 3 is 2.77 bits per heavy atom. The van der Waals surface area contributed by atoms with Gasteiger partial charge >= 0.3 is 0 Å². The van der Waals surface area contributed by atoms with Crippen molar-refractivity contribution in [3.05, 3.63) is 39.9 Å². The first-order valence-corrected chi connectivity index (χ1v) is 6.93. The number of non-ortho nitro benzene ring substituents is 1. The molecule has 116 valence electrons. The van der Waals surface area contributed by atoms with E-state index in [0.717, 1.165) is 12.0 Å². The summed E-state index contributed by atoms with van der Waals surface area (Å²) >= 11 is 0. The van der Waals surface area contributed by atoms with Crippen molar-refractivity contribution < 1.29 is 9.72 Å². The molecule has 1 unspecified atom stereocenters. The quantitative estimate of drug-likeness (QED) is 0.488. The van der Waals surface area contributed by atoms with Crippen molar-refractivity contribution >= 4 is 11.6 Å². The van der Waals surface area contributed by atoms with Crippen LogP contribution in [0.2, 0.25) is 0 Å². The largest absolute Gasteiger partial charge is 0.325 e. The maximum absolute atomic E-state index is 12.1. The lowest BCUT2D eigenvalue weighted by atomic mass is 10.2. The van der Waals surface area contributed by atoms with Crippen molar-refractivity contribution in [1.29, 1.82) is 5.26 Å². The van der Waals surface area contributed by atoms with Gasteiger partial charge in [0.05, 0.1) is 17.5 Å². The molecule has 0 aliphatic carbocycles. The number of carbonyl (C=O) groups excluding carboxylic acids is 1. The van der Waals surface area contributed by atoms with E-state index >= 15 is 0 Å². The Hall–Kier alpha value is -2.50. The Labute approximate surface area is 127 Å². The molecule has 0 aromatic heterocycles. The third-order valence-electron chi connectivity index (χ3n) is 3.59. The van der Waals surface area contributed by atoms with Crippen molar-refractivity contribution in [2.75, 3.05) is 13.1 Å². The lowest BCUT2D eigenvalue weighted by Gasteiger charge is -2.23. The predicted octanol–water partition coefficient (Wildman–Crippen LogP) is 0.785. The van der Waals surface area contributed by atoms with Crippen molar-refractivity contribution in [2.24, 2.45) is 5.84 Å². The number of likely N-dealkylation sites (tertiary alicyclic amines) is 1. The number of hydrazine groups is 1. The molecule has 8 nitrogen and oxygen atoms in total. The first-order chi connectivity index (χ1) is 10.5. The molecule has 0 radical (unpaired) electrons. The van der Waals surface area contributed by atoms with Crippen LogP contribution in [0, 0.1) is 21.4 Å². The molecule has 0 spiro atoms. The molecule has 8 heteroatoms. The highest BCUT2D eigenvalue weighted by atomic mass is 16.6. The summed E-state index contributed by atoms with van der Waals surface area (Å²) in [5, 5.41) is 20.9. The van der Waals surface area contributed by atoms with Gasteiger partial charge in [-0.05, 0) is 18.4 Å². The van der Waals surface area contributed by atoms with Crippen molar-refractivity contribution in [2.45, 2.75) is 25.4 Å². The van der Waals surface area contributed by atoms with Gasteiger partial charge < -0.3 is 4.90 Å². The number of nitro groups is 1. The number of carbonyl (C=O) groups is 1. The molecule has 1 aliphatic rings. The topological polar surface area (TPSA) is 116 Å². The van der Waals surface area contributed by atoms with Crippen LogP contribution in [0.4, 0.5) is 5.69 Å². The zero-order chi connectivity index (χ0) is 16.1. The summed E-state index contributed by atoms with van der Waals surface area (Å²) in [5.41, 5.74) is 0.788. The number of hydrogen-bond acceptors (Lipinski definition) is 6. The third kappa shape index (κ3) is 3.78. The molecular weight excluding hydrogens is 286 g/mol. The van der Waals surface area contributed by atoms with Crippen molar-refractivity contribution in [3.8, 4) is 6.07 Å². The summed E-state index contributed by atoms with van der Waals surface area (Å²) in [6.45, 7) is 0.895. The zero-order valence-corrected chi connectivity index (χ0v) is 12.0. The standard InChI is InChI=1S/C14H17N5O3/c15-8-13-2-1-7-18(13)14(20)10-17(16)9-11-3-5-12(6-4-11)19(21)22/h3-6,13H,1-2,7,9-10,16H2. The van der Waals surface area contributed by atoms with Gasteiger partial charge in [0.1, 0.15) is 6.04 Å². The van der Waals surface area contributed by atoms with Gasteiger partial charge in [-0.15, -0.1) is 0 Å². The van der Waals surface area contributed by atoms with Crippen LogP contribution in [0.1, 0.15) is 18.4 Å². The number of hydrogen-bond donors (Lipinski definition) is 1. The van der Waals surface area contributed by atoms with Gasteiger partial charge in [-0.2, -0.15) is 5.26 Å². The SMILES string of the molecule is N#CC1CCCN1C(=O)CN(N)Cc1ccc([N+](=O)[O-])cc1. The van der Waals surface area contributed by atoms with Crippen LogP contribution in [0.3, 0.4) is 0 Å². The molecule has 1 heterocycles. The average molecular weight is 303 g/mol. The van der Waals surface area contributed by atoms with E-state index in [9.17, 15) is 14.9 Å². The highest BCUT2D eigenvalue weighted by Crippen LogP contribution is 2.17. The summed E-state index contributed by atoms with van der Waals surface area (Å²) < 4.78 is 0. The molecule has 22 heavy (non-hydrogen) atoms. The second-order valence-corrected chi connectivity index (χ2v) is 5.20. The van der Waals surface area contributed by atoms with Gasteiger partial charge in [0.25, 0.3) is 5.69 Å². The van der Waals surface area contributed by atoms with Gasteiger partial charge in [0, 0.05) is 25.2 Å². The Morgan fingerprint density at radius 2 is 2.18 bits per heavy atom. The van der Waals surface area contributed by atoms with Crippen LogP contribution in [-0.2, 0) is 11.3 Å². The number of nitrogens with zero attached hydrogens (tertiary/aromatic N) is 4. The van der Waals surface area contributed by atoms with Crippen LogP contribution < -0.4 is 5.84 Å². The van der Waals surface area contributed by atoms with Crippen molar-refractivity contribution in [3.63, 3.8) is 0 Å². The van der Waals surface area contributed by atoms with E-state index in [-0.39, 0.29) is 24.2 Å². The van der Waals surface area contributed by atoms with E-state index in [4.69, 9.17) is 11.1 Å². The normalized spacial score (nSPS) is 17.5. The first kappa shape index (κ1) is 15.9. The van der Waals surface area contributed by atoms with E-state index in [1.54, 1.807) is 17.0 Å². The number of amides is 1. The van der Waals surface area contributed by atoms with E-state index in [1.807, 2.05) is 0 Å². The smallest absolute Gasteiger partial charge is 0.269 e. The lowest BCUT2D eigenvalue weighted by Crippen LogP contribution is -2.44. The van der Waals surface area contributed by atoms with Crippen LogP contribution in [0.15, 0.2) is 24.3 Å². The van der Waals surface area contributed by atoms with E-state index in [1.165, 1.54) is 17.1 Å². The van der Waals surface area contributed by atoms with E-state index < -0.39 is 4.92 Å². The Morgan fingerprint density at radius 1 is 1.50 bits per heavy atom. The molecule has 1 amide bonds. The minimum absolute atomic E-state index is 0.00909. The summed E-state index contributed by atoms with van der Waals surface area (Å²) in [6, 6.07) is 7.77. The highest BCUT2D eigenvalue weighted by molar-refractivity contribution is 5.79. The fraction of sp³-hybridized carbons (Fsp3) is 0.429. The van der Waals surface area contributed by atoms with Gasteiger partial charge in [-0.3, -0.25) is 20.8 Å². The maximum Gasteiger partial charge on any atom is 0.269 e. The fourth-order valence-electron chi connectivity index (χ4n) is 2.48. The van der Waals surface area contributed by atoms with Crippen molar-refractivity contribution in [1.82, 2.24) is 9.91 Å². The molecule has 1 aromatic carbocycles. The first-order valence-electron chi connectivity index (χ1n) is 6.93. The summed E-state index contributed by atoms with van der Waals surface area (Å²) in [6.07, 6.45) is 1.53. The van der Waals surface area contributed by atoms with Crippen LogP contribution >= 0.6 is 0 Å². The third-order valence-corrected chi connectivity index (χ3v) is 3.59. The van der Waals surface area contributed by atoms with Gasteiger partial charge in [0.2, 0.25) is 5.91 Å². The molecule has 1 atom stereocenters. The molecule has 0 bridgehead atoms. The van der Waals surface area contributed by atoms with Gasteiger partial charge in [-0.1, -0.05) is 12.1 Å². The van der Waals surface area contributed by atoms with Crippen LogP contribution in [-0.4, -0.2) is 39.9 Å². The van der Waals surface area contributed by atoms with E-state index in [0.29, 0.717) is 19.5 Å². The number of benzene rings is 1. The second kappa shape index (κ2) is 6.98. The number of nitrogens with two attached hydrogens (primary N) is 1. The number of rotatable bonds is 5. The van der Waals surface area contributed by atoms with Gasteiger partial charge in [0.15, 0.2) is 0 Å². The van der Waals surface area contributed by atoms with E-state index in [2.05, 4.69) is 6.07 Å². The Balaban J connectivity index is 1.89. The molecule has 0 saturated carbocycles. The number of nitro benzene ring substituents is 1. The zero-order valence-electron chi connectivity index (χ0n) is 12.0. The van der Waals surface area contributed by atoms with Crippen LogP contribution in [0.5, 0.6) is 0 Å². The molecule has 2 rings (SSSR count). The van der Waals surface area contributed by atoms with Gasteiger partial charge in [-0.25, -0.2) is 5.01 Å². The summed E-state index contributed by atoms with van der Waals surface area (Å²) in [5.74, 6) is 5.66. The molecule has 1 aliphatic heterocycles. The number of nitriles is 1.